The first kappa shape index (κ1) is 24.4. The second kappa shape index (κ2) is 12.7. The predicted octanol–water partition coefficient (Wildman–Crippen LogP) is 1.22. The van der Waals surface area contributed by atoms with E-state index in [0.717, 1.165) is 18.2 Å². The van der Waals surface area contributed by atoms with Crippen LogP contribution in [0.4, 0.5) is 0 Å². The first-order valence-corrected chi connectivity index (χ1v) is 10.8. The van der Waals surface area contributed by atoms with Crippen LogP contribution in [0.1, 0.15) is 10.4 Å². The smallest absolute Gasteiger partial charge is 0.338 e. The van der Waals surface area contributed by atoms with Crippen LogP contribution < -0.4 is 11.1 Å². The quantitative estimate of drug-likeness (QED) is 0.347. The summed E-state index contributed by atoms with van der Waals surface area (Å²) < 4.78 is 9.73. The van der Waals surface area contributed by atoms with E-state index in [1.807, 2.05) is 42.5 Å². The van der Waals surface area contributed by atoms with Gasteiger partial charge in [-0.2, -0.15) is 11.8 Å². The van der Waals surface area contributed by atoms with Crippen LogP contribution in [-0.4, -0.2) is 66.9 Å². The summed E-state index contributed by atoms with van der Waals surface area (Å²) in [5, 5.41) is 11.4. The van der Waals surface area contributed by atoms with Crippen molar-refractivity contribution in [2.24, 2.45) is 5.73 Å². The standard InChI is InChI=1S/C22H26N2O6S/c1-29-22(28)19(13-25)24-20(26)18(23)14-31-12-11-30-21(27)17-9-7-16(8-10-17)15-5-3-2-4-6-15/h2-10,18-19,25H,11-14,23H2,1H3,(H,24,26). The van der Waals surface area contributed by atoms with Crippen molar-refractivity contribution in [3.63, 3.8) is 0 Å². The number of hydrogen-bond donors (Lipinski definition) is 3. The highest BCUT2D eigenvalue weighted by atomic mass is 32.2. The molecule has 2 aromatic rings. The normalized spacial score (nSPS) is 12.5. The van der Waals surface area contributed by atoms with Crippen molar-refractivity contribution in [2.75, 3.05) is 31.8 Å². The summed E-state index contributed by atoms with van der Waals surface area (Å²) in [7, 11) is 1.16. The van der Waals surface area contributed by atoms with Gasteiger partial charge in [-0.1, -0.05) is 42.5 Å². The largest absolute Gasteiger partial charge is 0.467 e. The van der Waals surface area contributed by atoms with Crippen LogP contribution in [0, 0.1) is 0 Å². The Bertz CT molecular complexity index is 860. The molecule has 0 fully saturated rings. The number of aliphatic hydroxyl groups excluding tert-OH is 1. The first-order chi connectivity index (χ1) is 15.0. The Labute approximate surface area is 185 Å². The lowest BCUT2D eigenvalue weighted by atomic mass is 10.0. The van der Waals surface area contributed by atoms with Crippen LogP contribution in [-0.2, 0) is 19.1 Å². The highest BCUT2D eigenvalue weighted by Crippen LogP contribution is 2.19. The Balaban J connectivity index is 1.69. The fraction of sp³-hybridized carbons (Fsp3) is 0.318. The third-order valence-corrected chi connectivity index (χ3v) is 5.36. The van der Waals surface area contributed by atoms with Gasteiger partial charge >= 0.3 is 11.9 Å². The molecule has 2 unspecified atom stereocenters. The van der Waals surface area contributed by atoms with Gasteiger partial charge in [-0.15, -0.1) is 0 Å². The lowest BCUT2D eigenvalue weighted by Gasteiger charge is -2.17. The summed E-state index contributed by atoms with van der Waals surface area (Å²) in [5.41, 5.74) is 8.32. The molecular formula is C22H26N2O6S. The molecule has 2 aromatic carbocycles. The molecule has 31 heavy (non-hydrogen) atoms. The number of hydrogen-bond acceptors (Lipinski definition) is 8. The van der Waals surface area contributed by atoms with Crippen molar-refractivity contribution in [3.8, 4) is 11.1 Å². The van der Waals surface area contributed by atoms with Crippen LogP contribution in [0.25, 0.3) is 11.1 Å². The molecule has 4 N–H and O–H groups in total. The third-order valence-electron chi connectivity index (χ3n) is 4.31. The Morgan fingerprint density at radius 2 is 1.71 bits per heavy atom. The van der Waals surface area contributed by atoms with E-state index >= 15 is 0 Å². The lowest BCUT2D eigenvalue weighted by molar-refractivity contribution is -0.146. The average molecular weight is 447 g/mol. The molecule has 9 heteroatoms. The molecule has 166 valence electrons. The number of aliphatic hydroxyl groups is 1. The van der Waals surface area contributed by atoms with Gasteiger partial charge in [0.25, 0.3) is 0 Å². The number of carbonyl (C=O) groups excluding carboxylic acids is 3. The van der Waals surface area contributed by atoms with E-state index in [4.69, 9.17) is 15.6 Å². The van der Waals surface area contributed by atoms with Crippen molar-refractivity contribution in [1.82, 2.24) is 5.32 Å². The molecule has 0 radical (unpaired) electrons. The maximum Gasteiger partial charge on any atom is 0.338 e. The van der Waals surface area contributed by atoms with E-state index in [2.05, 4.69) is 10.1 Å². The third kappa shape index (κ3) is 7.71. The zero-order valence-electron chi connectivity index (χ0n) is 17.2. The Morgan fingerprint density at radius 1 is 1.06 bits per heavy atom. The average Bonchev–Trinajstić information content (AvgIpc) is 2.82. The van der Waals surface area contributed by atoms with Crippen LogP contribution >= 0.6 is 11.8 Å². The first-order valence-electron chi connectivity index (χ1n) is 9.61. The summed E-state index contributed by atoms with van der Waals surface area (Å²) in [6.45, 7) is -0.416. The predicted molar refractivity (Wildman–Crippen MR) is 118 cm³/mol. The van der Waals surface area contributed by atoms with Crippen LogP contribution in [0.2, 0.25) is 0 Å². The molecule has 2 atom stereocenters. The molecule has 0 spiro atoms. The van der Waals surface area contributed by atoms with Gasteiger partial charge in [0, 0.05) is 11.5 Å². The molecule has 0 aromatic heterocycles. The number of rotatable bonds is 11. The van der Waals surface area contributed by atoms with Gasteiger partial charge in [0.2, 0.25) is 5.91 Å². The van der Waals surface area contributed by atoms with Crippen molar-refractivity contribution in [3.05, 3.63) is 60.2 Å². The Hall–Kier alpha value is -2.88. The fourth-order valence-corrected chi connectivity index (χ4v) is 3.37. The number of benzene rings is 2. The minimum absolute atomic E-state index is 0.166. The van der Waals surface area contributed by atoms with Gasteiger partial charge in [0.15, 0.2) is 6.04 Å². The van der Waals surface area contributed by atoms with Crippen LogP contribution in [0.3, 0.4) is 0 Å². The number of amides is 1. The van der Waals surface area contributed by atoms with Crippen LogP contribution in [0.5, 0.6) is 0 Å². The Morgan fingerprint density at radius 3 is 2.32 bits per heavy atom. The van der Waals surface area contributed by atoms with Gasteiger partial charge < -0.3 is 25.6 Å². The highest BCUT2D eigenvalue weighted by Gasteiger charge is 2.23. The van der Waals surface area contributed by atoms with E-state index in [1.165, 1.54) is 11.8 Å². The number of carbonyl (C=O) groups is 3. The second-order valence-corrected chi connectivity index (χ2v) is 7.68. The van der Waals surface area contributed by atoms with Crippen molar-refractivity contribution >= 4 is 29.6 Å². The van der Waals surface area contributed by atoms with Crippen molar-refractivity contribution in [2.45, 2.75) is 12.1 Å². The molecule has 0 bridgehead atoms. The number of thioether (sulfide) groups is 1. The van der Waals surface area contributed by atoms with Crippen molar-refractivity contribution < 1.29 is 29.0 Å². The molecule has 8 nitrogen and oxygen atoms in total. The van der Waals surface area contributed by atoms with Crippen molar-refractivity contribution in [1.29, 1.82) is 0 Å². The van der Waals surface area contributed by atoms with E-state index < -0.39 is 36.5 Å². The van der Waals surface area contributed by atoms with E-state index in [0.29, 0.717) is 11.3 Å². The maximum atomic E-state index is 12.2. The maximum absolute atomic E-state index is 12.2. The number of methoxy groups -OCH3 is 1. The zero-order chi connectivity index (χ0) is 22.6. The summed E-state index contributed by atoms with van der Waals surface area (Å²) in [5.74, 6) is -1.04. The number of esters is 2. The fourth-order valence-electron chi connectivity index (χ4n) is 2.59. The molecule has 0 aliphatic rings. The minimum atomic E-state index is -1.15. The summed E-state index contributed by atoms with van der Waals surface area (Å²) in [6, 6.07) is 15.0. The molecule has 0 aliphatic carbocycles. The summed E-state index contributed by atoms with van der Waals surface area (Å²) >= 11 is 1.33. The van der Waals surface area contributed by atoms with E-state index in [9.17, 15) is 14.4 Å². The molecule has 0 heterocycles. The molecule has 1 amide bonds. The molecule has 0 saturated carbocycles. The molecular weight excluding hydrogens is 420 g/mol. The highest BCUT2D eigenvalue weighted by molar-refractivity contribution is 7.99. The van der Waals surface area contributed by atoms with Gasteiger partial charge in [-0.05, 0) is 23.3 Å². The number of nitrogens with one attached hydrogen (secondary N) is 1. The SMILES string of the molecule is COC(=O)C(CO)NC(=O)C(N)CSCCOC(=O)c1ccc(-c2ccccc2)cc1. The van der Waals surface area contributed by atoms with E-state index in [1.54, 1.807) is 12.1 Å². The van der Waals surface area contributed by atoms with Gasteiger partial charge in [0.1, 0.15) is 6.61 Å². The van der Waals surface area contributed by atoms with Gasteiger partial charge in [-0.3, -0.25) is 4.79 Å². The number of ether oxygens (including phenoxy) is 2. The minimum Gasteiger partial charge on any atom is -0.467 e. The molecule has 2 rings (SSSR count). The van der Waals surface area contributed by atoms with Gasteiger partial charge in [-0.25, -0.2) is 9.59 Å². The summed E-state index contributed by atoms with van der Waals surface area (Å²) in [4.78, 5) is 35.5. The van der Waals surface area contributed by atoms with Crippen LogP contribution in [0.15, 0.2) is 54.6 Å². The monoisotopic (exact) mass is 446 g/mol. The molecule has 0 aliphatic heterocycles. The second-order valence-electron chi connectivity index (χ2n) is 6.53. The summed E-state index contributed by atoms with van der Waals surface area (Å²) in [6.07, 6.45) is 0. The zero-order valence-corrected chi connectivity index (χ0v) is 18.0. The van der Waals surface area contributed by atoms with Gasteiger partial charge in [0.05, 0.1) is 25.3 Å². The van der Waals surface area contributed by atoms with E-state index in [-0.39, 0.29) is 12.4 Å². The lowest BCUT2D eigenvalue weighted by Crippen LogP contribution is -2.51. The molecule has 0 saturated heterocycles. The number of nitrogens with two attached hydrogens (primary N) is 1. The Kier molecular flexibility index (Phi) is 10.0. The topological polar surface area (TPSA) is 128 Å².